The van der Waals surface area contributed by atoms with Crippen molar-refractivity contribution < 1.29 is 19.1 Å². The van der Waals surface area contributed by atoms with Crippen LogP contribution in [0, 0.1) is 11.3 Å². The molecule has 2 fully saturated rings. The maximum Gasteiger partial charge on any atom is 0.313 e. The van der Waals surface area contributed by atoms with Gasteiger partial charge in [0, 0.05) is 25.9 Å². The fourth-order valence-corrected chi connectivity index (χ4v) is 2.85. The van der Waals surface area contributed by atoms with Crippen LogP contribution in [0.1, 0.15) is 18.4 Å². The summed E-state index contributed by atoms with van der Waals surface area (Å²) >= 11 is 0. The molecule has 0 aromatic heterocycles. The first kappa shape index (κ1) is 15.5. The molecular formula is C16H17N3O4. The Balaban J connectivity index is 1.60. The van der Waals surface area contributed by atoms with E-state index in [1.165, 1.54) is 4.90 Å². The number of carbonyl (C=O) groups is 2. The topological polar surface area (TPSA) is 91.7 Å². The third kappa shape index (κ3) is 3.18. The van der Waals surface area contributed by atoms with E-state index in [0.29, 0.717) is 50.4 Å². The van der Waals surface area contributed by atoms with E-state index in [-0.39, 0.29) is 0 Å². The summed E-state index contributed by atoms with van der Waals surface area (Å²) in [6.07, 6.45) is 1.11. The van der Waals surface area contributed by atoms with Gasteiger partial charge < -0.3 is 19.7 Å². The van der Waals surface area contributed by atoms with Gasteiger partial charge in [-0.25, -0.2) is 0 Å². The molecule has 7 nitrogen and oxygen atoms in total. The van der Waals surface area contributed by atoms with Crippen LogP contribution in [0.2, 0.25) is 0 Å². The summed E-state index contributed by atoms with van der Waals surface area (Å²) in [5, 5.41) is 11.5. The fourth-order valence-electron chi connectivity index (χ4n) is 2.85. The van der Waals surface area contributed by atoms with Crippen molar-refractivity contribution in [3.8, 4) is 6.07 Å². The van der Waals surface area contributed by atoms with Crippen LogP contribution in [0.4, 0.5) is 5.69 Å². The van der Waals surface area contributed by atoms with Crippen LogP contribution in [0.25, 0.3) is 0 Å². The number of likely N-dealkylation sites (tertiary alicyclic amines) is 1. The van der Waals surface area contributed by atoms with Gasteiger partial charge in [-0.2, -0.15) is 5.26 Å². The summed E-state index contributed by atoms with van der Waals surface area (Å²) in [5.74, 6) is -1.93. The van der Waals surface area contributed by atoms with Crippen LogP contribution < -0.4 is 5.32 Å². The summed E-state index contributed by atoms with van der Waals surface area (Å²) in [4.78, 5) is 25.9. The Bertz CT molecular complexity index is 652. The number of anilines is 1. The van der Waals surface area contributed by atoms with E-state index in [1.807, 2.05) is 6.07 Å². The van der Waals surface area contributed by atoms with Crippen LogP contribution in [0.3, 0.4) is 0 Å². The number of hydrogen-bond donors (Lipinski definition) is 1. The van der Waals surface area contributed by atoms with Crippen molar-refractivity contribution in [2.24, 2.45) is 0 Å². The van der Waals surface area contributed by atoms with Gasteiger partial charge in [0.15, 0.2) is 5.79 Å². The molecule has 2 saturated heterocycles. The van der Waals surface area contributed by atoms with Crippen molar-refractivity contribution in [3.05, 3.63) is 29.8 Å². The molecule has 2 heterocycles. The van der Waals surface area contributed by atoms with Gasteiger partial charge in [0.1, 0.15) is 6.07 Å². The van der Waals surface area contributed by atoms with Crippen molar-refractivity contribution in [3.63, 3.8) is 0 Å². The second-order valence-corrected chi connectivity index (χ2v) is 5.51. The summed E-state index contributed by atoms with van der Waals surface area (Å²) < 4.78 is 11.2. The SMILES string of the molecule is N#Cc1ccccc1NC(=O)C(=O)N1CCC2(CC1)OCCO2. The van der Waals surface area contributed by atoms with Gasteiger partial charge in [-0.3, -0.25) is 9.59 Å². The Morgan fingerprint density at radius 3 is 2.48 bits per heavy atom. The number of para-hydroxylation sites is 1. The molecule has 2 amide bonds. The lowest BCUT2D eigenvalue weighted by atomic mass is 10.0. The minimum absolute atomic E-state index is 0.319. The maximum atomic E-state index is 12.3. The van der Waals surface area contributed by atoms with Crippen LogP contribution in [-0.4, -0.2) is 48.8 Å². The van der Waals surface area contributed by atoms with Crippen molar-refractivity contribution in [1.82, 2.24) is 4.90 Å². The van der Waals surface area contributed by atoms with E-state index < -0.39 is 17.6 Å². The molecule has 1 aromatic carbocycles. The summed E-state index contributed by atoms with van der Waals surface area (Å²) in [7, 11) is 0. The molecule has 0 bridgehead atoms. The molecule has 0 radical (unpaired) electrons. The highest BCUT2D eigenvalue weighted by atomic mass is 16.7. The summed E-state index contributed by atoms with van der Waals surface area (Å²) in [6.45, 7) is 1.96. The number of nitrogens with zero attached hydrogens (tertiary/aromatic N) is 2. The highest BCUT2D eigenvalue weighted by Crippen LogP contribution is 2.31. The molecule has 1 N–H and O–H groups in total. The quantitative estimate of drug-likeness (QED) is 0.776. The zero-order chi connectivity index (χ0) is 16.3. The second-order valence-electron chi connectivity index (χ2n) is 5.51. The molecule has 0 unspecified atom stereocenters. The van der Waals surface area contributed by atoms with Gasteiger partial charge in [0.05, 0.1) is 24.5 Å². The molecule has 1 aromatic rings. The van der Waals surface area contributed by atoms with E-state index in [0.717, 1.165) is 0 Å². The summed E-state index contributed by atoms with van der Waals surface area (Å²) in [5.41, 5.74) is 0.656. The Labute approximate surface area is 133 Å². The van der Waals surface area contributed by atoms with E-state index in [2.05, 4.69) is 5.32 Å². The van der Waals surface area contributed by atoms with Crippen molar-refractivity contribution in [1.29, 1.82) is 5.26 Å². The molecule has 3 rings (SSSR count). The fraction of sp³-hybridized carbons (Fsp3) is 0.438. The van der Waals surface area contributed by atoms with Gasteiger partial charge in [-0.05, 0) is 12.1 Å². The standard InChI is InChI=1S/C16H17N3O4/c17-11-12-3-1-2-4-13(12)18-14(20)15(21)19-7-5-16(6-8-19)22-9-10-23-16/h1-4H,5-10H2,(H,18,20). The first-order chi connectivity index (χ1) is 11.1. The van der Waals surface area contributed by atoms with Crippen LogP contribution in [-0.2, 0) is 19.1 Å². The minimum atomic E-state index is -0.739. The third-order valence-electron chi connectivity index (χ3n) is 4.12. The van der Waals surface area contributed by atoms with Gasteiger partial charge in [-0.15, -0.1) is 0 Å². The molecule has 2 aliphatic rings. The van der Waals surface area contributed by atoms with Crippen molar-refractivity contribution >= 4 is 17.5 Å². The first-order valence-corrected chi connectivity index (χ1v) is 7.51. The molecule has 1 spiro atoms. The second kappa shape index (κ2) is 6.36. The molecule has 120 valence electrons. The molecule has 2 aliphatic heterocycles. The predicted octanol–water partition coefficient (Wildman–Crippen LogP) is 0.862. The van der Waals surface area contributed by atoms with Gasteiger partial charge >= 0.3 is 11.8 Å². The Morgan fingerprint density at radius 2 is 1.83 bits per heavy atom. The molecule has 23 heavy (non-hydrogen) atoms. The zero-order valence-electron chi connectivity index (χ0n) is 12.6. The highest BCUT2D eigenvalue weighted by molar-refractivity contribution is 6.39. The van der Waals surface area contributed by atoms with Crippen LogP contribution in [0.15, 0.2) is 24.3 Å². The lowest BCUT2D eigenvalue weighted by Crippen LogP contribution is -2.50. The van der Waals surface area contributed by atoms with Gasteiger partial charge in [0.2, 0.25) is 0 Å². The Morgan fingerprint density at radius 1 is 1.17 bits per heavy atom. The average Bonchev–Trinajstić information content (AvgIpc) is 3.03. The number of carbonyl (C=O) groups excluding carboxylic acids is 2. The number of nitrogens with one attached hydrogen (secondary N) is 1. The van der Waals surface area contributed by atoms with E-state index in [9.17, 15) is 9.59 Å². The number of hydrogen-bond acceptors (Lipinski definition) is 5. The van der Waals surface area contributed by atoms with Crippen LogP contribution in [0.5, 0.6) is 0 Å². The number of rotatable bonds is 1. The average molecular weight is 315 g/mol. The highest BCUT2D eigenvalue weighted by Gasteiger charge is 2.41. The lowest BCUT2D eigenvalue weighted by molar-refractivity contribution is -0.187. The Kier molecular flexibility index (Phi) is 4.28. The molecule has 7 heteroatoms. The molecule has 0 aliphatic carbocycles. The monoisotopic (exact) mass is 315 g/mol. The maximum absolute atomic E-state index is 12.3. The van der Waals surface area contributed by atoms with E-state index in [4.69, 9.17) is 14.7 Å². The van der Waals surface area contributed by atoms with E-state index >= 15 is 0 Å². The van der Waals surface area contributed by atoms with Gasteiger partial charge in [-0.1, -0.05) is 12.1 Å². The minimum Gasteiger partial charge on any atom is -0.347 e. The first-order valence-electron chi connectivity index (χ1n) is 7.51. The number of benzene rings is 1. The number of amides is 2. The smallest absolute Gasteiger partial charge is 0.313 e. The largest absolute Gasteiger partial charge is 0.347 e. The van der Waals surface area contributed by atoms with Crippen molar-refractivity contribution in [2.75, 3.05) is 31.6 Å². The molecule has 0 atom stereocenters. The third-order valence-corrected chi connectivity index (χ3v) is 4.12. The van der Waals surface area contributed by atoms with Crippen molar-refractivity contribution in [2.45, 2.75) is 18.6 Å². The predicted molar refractivity (Wildman–Crippen MR) is 80.2 cm³/mol. The Hall–Kier alpha value is -2.43. The normalized spacial score (nSPS) is 19.3. The number of piperidine rings is 1. The zero-order valence-corrected chi connectivity index (χ0v) is 12.6. The number of ether oxygens (including phenoxy) is 2. The van der Waals surface area contributed by atoms with Crippen LogP contribution >= 0.6 is 0 Å². The number of nitriles is 1. The molecule has 0 saturated carbocycles. The van der Waals surface area contributed by atoms with E-state index in [1.54, 1.807) is 24.3 Å². The molecular weight excluding hydrogens is 298 g/mol. The van der Waals surface area contributed by atoms with Gasteiger partial charge in [0.25, 0.3) is 0 Å². The lowest BCUT2D eigenvalue weighted by Gasteiger charge is -2.37. The summed E-state index contributed by atoms with van der Waals surface area (Å²) in [6, 6.07) is 8.55.